The molecular formula is C54H29B2N. The highest BCUT2D eigenvalue weighted by Crippen LogP contribution is 2.51. The Kier molecular flexibility index (Phi) is 5.13. The molecule has 0 aliphatic carbocycles. The molecule has 57 heavy (non-hydrogen) atoms. The first-order valence-electron chi connectivity index (χ1n) is 20.3. The van der Waals surface area contributed by atoms with Crippen LogP contribution in [-0.2, 0) is 0 Å². The standard InChI is InChI=1S/C54H29B2N/c1-3-17-34-30(13-1)32-15-5-7-20-37(32)48-39(34)27-28-43-50(48)51-49-38-21-8-6-16-33(38)31-14-2-4-18-35(31)41(49)29-47-53(51)56(43)45-25-12-24-44-54(45)57(47)46-26-11-22-40-36-19-9-10-23-42(36)55(44)52(40)46/h1-29H. The fraction of sp³-hybridized carbons (Fsp3) is 0. The van der Waals surface area contributed by atoms with Crippen LogP contribution in [0.15, 0.2) is 176 Å². The molecule has 0 saturated carbocycles. The number of hydrogen-bond acceptors (Lipinski definition) is 1. The lowest BCUT2D eigenvalue weighted by molar-refractivity contribution is 1.31. The van der Waals surface area contributed by atoms with Gasteiger partial charge in [-0.1, -0.05) is 175 Å². The van der Waals surface area contributed by atoms with Crippen molar-refractivity contribution in [3.8, 4) is 22.3 Å². The van der Waals surface area contributed by atoms with Gasteiger partial charge in [-0.15, -0.1) is 0 Å². The first kappa shape index (κ1) is 29.2. The van der Waals surface area contributed by atoms with Crippen molar-refractivity contribution in [2.24, 2.45) is 0 Å². The molecule has 0 aromatic heterocycles. The molecule has 4 aliphatic heterocycles. The second kappa shape index (κ2) is 10.0. The summed E-state index contributed by atoms with van der Waals surface area (Å²) in [5, 5.41) is 15.9. The summed E-state index contributed by atoms with van der Waals surface area (Å²) >= 11 is 0. The number of para-hydroxylation sites is 1. The van der Waals surface area contributed by atoms with Crippen LogP contribution < -0.4 is 37.7 Å². The van der Waals surface area contributed by atoms with Gasteiger partial charge >= 0.3 is 0 Å². The Labute approximate surface area is 329 Å². The maximum atomic E-state index is 2.69. The molecule has 11 aromatic carbocycles. The Bertz CT molecular complexity index is 3700. The molecule has 0 radical (unpaired) electrons. The van der Waals surface area contributed by atoms with Gasteiger partial charge in [-0.25, -0.2) is 0 Å². The largest absolute Gasteiger partial charge is 0.312 e. The highest BCUT2D eigenvalue weighted by atomic mass is 15.2. The molecule has 15 rings (SSSR count). The number of fused-ring (bicyclic) bond motifs is 24. The Morgan fingerprint density at radius 1 is 0.298 bits per heavy atom. The zero-order chi connectivity index (χ0) is 36.7. The maximum absolute atomic E-state index is 2.69. The van der Waals surface area contributed by atoms with Crippen LogP contribution in [0.2, 0.25) is 0 Å². The topological polar surface area (TPSA) is 3.24 Å². The lowest BCUT2D eigenvalue weighted by Crippen LogP contribution is -2.62. The predicted molar refractivity (Wildman–Crippen MR) is 246 cm³/mol. The van der Waals surface area contributed by atoms with Crippen molar-refractivity contribution in [3.05, 3.63) is 176 Å². The predicted octanol–water partition coefficient (Wildman–Crippen LogP) is 9.70. The minimum atomic E-state index is 0.0989. The number of rotatable bonds is 0. The molecule has 0 atom stereocenters. The molecule has 256 valence electrons. The minimum absolute atomic E-state index is 0.0989. The van der Waals surface area contributed by atoms with Gasteiger partial charge in [-0.05, 0) is 121 Å². The average molecular weight is 713 g/mol. The van der Waals surface area contributed by atoms with E-state index < -0.39 is 0 Å². The number of anilines is 3. The number of nitrogens with zero attached hydrogens (tertiary/aromatic N) is 1. The van der Waals surface area contributed by atoms with E-state index in [0.717, 1.165) is 0 Å². The van der Waals surface area contributed by atoms with Gasteiger partial charge in [0.2, 0.25) is 13.4 Å². The van der Waals surface area contributed by atoms with Gasteiger partial charge < -0.3 is 4.90 Å². The lowest BCUT2D eigenvalue weighted by Gasteiger charge is -2.42. The molecule has 0 unspecified atom stereocenters. The van der Waals surface area contributed by atoms with Gasteiger partial charge in [0.1, 0.15) is 0 Å². The van der Waals surface area contributed by atoms with Crippen molar-refractivity contribution in [3.63, 3.8) is 0 Å². The number of benzene rings is 11. The third-order valence-corrected chi connectivity index (χ3v) is 14.2. The lowest BCUT2D eigenvalue weighted by atomic mass is 9.32. The molecule has 0 amide bonds. The second-order valence-electron chi connectivity index (χ2n) is 16.6. The Hall–Kier alpha value is -7.09. The Balaban J connectivity index is 1.21. The summed E-state index contributed by atoms with van der Waals surface area (Å²) in [4.78, 5) is 2.69. The monoisotopic (exact) mass is 713 g/mol. The van der Waals surface area contributed by atoms with Crippen LogP contribution in [0.1, 0.15) is 0 Å². The van der Waals surface area contributed by atoms with Gasteiger partial charge in [-0.2, -0.15) is 0 Å². The Morgan fingerprint density at radius 3 is 1.44 bits per heavy atom. The van der Waals surface area contributed by atoms with Crippen molar-refractivity contribution >= 4 is 128 Å². The van der Waals surface area contributed by atoms with Gasteiger partial charge in [0.15, 0.2) is 0 Å². The summed E-state index contributed by atoms with van der Waals surface area (Å²) in [6, 6.07) is 67.3. The summed E-state index contributed by atoms with van der Waals surface area (Å²) in [5.41, 5.74) is 18.1. The van der Waals surface area contributed by atoms with E-state index in [4.69, 9.17) is 0 Å². The normalized spacial score (nSPS) is 13.9. The molecule has 0 spiro atoms. The minimum Gasteiger partial charge on any atom is -0.312 e. The van der Waals surface area contributed by atoms with E-state index in [0.29, 0.717) is 0 Å². The van der Waals surface area contributed by atoms with Crippen LogP contribution >= 0.6 is 0 Å². The molecule has 11 aromatic rings. The van der Waals surface area contributed by atoms with Crippen molar-refractivity contribution < 1.29 is 0 Å². The molecule has 1 nitrogen and oxygen atoms in total. The van der Waals surface area contributed by atoms with Crippen LogP contribution in [0.5, 0.6) is 0 Å². The van der Waals surface area contributed by atoms with Gasteiger partial charge in [0.25, 0.3) is 0 Å². The van der Waals surface area contributed by atoms with Crippen LogP contribution in [0.25, 0.3) is 86.9 Å². The summed E-state index contributed by atoms with van der Waals surface area (Å²) in [6.07, 6.45) is 0. The third-order valence-electron chi connectivity index (χ3n) is 14.2. The van der Waals surface area contributed by atoms with Gasteiger partial charge in [0, 0.05) is 17.1 Å². The quantitative estimate of drug-likeness (QED) is 0.112. The second-order valence-corrected chi connectivity index (χ2v) is 16.6. The molecule has 0 saturated heterocycles. The highest BCUT2D eigenvalue weighted by Gasteiger charge is 2.50. The molecule has 4 heterocycles. The van der Waals surface area contributed by atoms with Gasteiger partial charge in [0.05, 0.1) is 0 Å². The van der Waals surface area contributed by atoms with E-state index in [1.165, 1.54) is 137 Å². The first-order chi connectivity index (χ1) is 28.3. The highest BCUT2D eigenvalue weighted by molar-refractivity contribution is 7.05. The summed E-state index contributed by atoms with van der Waals surface area (Å²) in [6.45, 7) is 0.305. The van der Waals surface area contributed by atoms with Crippen molar-refractivity contribution in [2.45, 2.75) is 0 Å². The van der Waals surface area contributed by atoms with E-state index in [9.17, 15) is 0 Å². The van der Waals surface area contributed by atoms with E-state index in [1.807, 2.05) is 0 Å². The van der Waals surface area contributed by atoms with E-state index in [2.05, 4.69) is 181 Å². The van der Waals surface area contributed by atoms with Crippen molar-refractivity contribution in [1.82, 2.24) is 0 Å². The summed E-state index contributed by atoms with van der Waals surface area (Å²) < 4.78 is 0. The zero-order valence-corrected chi connectivity index (χ0v) is 30.8. The van der Waals surface area contributed by atoms with Crippen LogP contribution in [0.4, 0.5) is 17.1 Å². The molecule has 0 N–H and O–H groups in total. The van der Waals surface area contributed by atoms with Crippen LogP contribution in [0.3, 0.4) is 0 Å². The molecule has 0 fully saturated rings. The molecule has 4 aliphatic rings. The SMILES string of the molecule is c1ccc2c(c1)B1c3cccc4c3N(c3cccc-2c31)c1cc2c3ccccc3c3ccccc3c2c2c1B4c1ccc3c4ccccc4c4ccccc4c3c1-2. The third kappa shape index (κ3) is 3.29. The number of hydrogen-bond donors (Lipinski definition) is 0. The smallest absolute Gasteiger partial charge is 0.248 e. The van der Waals surface area contributed by atoms with E-state index in [1.54, 1.807) is 0 Å². The fourth-order valence-corrected chi connectivity index (χ4v) is 12.2. The zero-order valence-electron chi connectivity index (χ0n) is 30.8. The van der Waals surface area contributed by atoms with Gasteiger partial charge in [-0.3, -0.25) is 0 Å². The van der Waals surface area contributed by atoms with Crippen molar-refractivity contribution in [1.29, 1.82) is 0 Å². The maximum Gasteiger partial charge on any atom is 0.248 e. The molecular weight excluding hydrogens is 684 g/mol. The van der Waals surface area contributed by atoms with Crippen LogP contribution in [0, 0.1) is 0 Å². The summed E-state index contributed by atoms with van der Waals surface area (Å²) in [7, 11) is 0. The van der Waals surface area contributed by atoms with E-state index >= 15 is 0 Å². The fourth-order valence-electron chi connectivity index (χ4n) is 12.2. The molecule has 0 bridgehead atoms. The summed E-state index contributed by atoms with van der Waals surface area (Å²) in [5.74, 6) is 0. The van der Waals surface area contributed by atoms with E-state index in [-0.39, 0.29) is 13.4 Å². The molecule has 3 heteroatoms. The first-order valence-corrected chi connectivity index (χ1v) is 20.3. The van der Waals surface area contributed by atoms with Crippen LogP contribution in [-0.4, -0.2) is 13.4 Å². The Morgan fingerprint density at radius 2 is 0.772 bits per heavy atom. The van der Waals surface area contributed by atoms with Crippen molar-refractivity contribution in [2.75, 3.05) is 4.90 Å². The average Bonchev–Trinajstić information content (AvgIpc) is 3.81.